The number of nitrogen functional groups attached to an aromatic ring is 1. The SMILES string of the molecule is CSC1CCCCC1NC(=O)c1cc(F)cnc1N. The number of halogens is 1. The van der Waals surface area contributed by atoms with Crippen molar-refractivity contribution >= 4 is 23.5 Å². The Morgan fingerprint density at radius 2 is 2.26 bits per heavy atom. The van der Waals surface area contributed by atoms with Gasteiger partial charge in [-0.25, -0.2) is 9.37 Å². The van der Waals surface area contributed by atoms with Crippen LogP contribution in [0.15, 0.2) is 12.3 Å². The molecule has 1 amide bonds. The van der Waals surface area contributed by atoms with E-state index in [1.54, 1.807) is 11.8 Å². The van der Waals surface area contributed by atoms with Crippen molar-refractivity contribution in [3.05, 3.63) is 23.6 Å². The number of rotatable bonds is 3. The Morgan fingerprint density at radius 1 is 1.53 bits per heavy atom. The lowest BCUT2D eigenvalue weighted by molar-refractivity contribution is 0.0929. The highest BCUT2D eigenvalue weighted by atomic mass is 32.2. The fourth-order valence-corrected chi connectivity index (χ4v) is 3.36. The second-order valence-corrected chi connectivity index (χ2v) is 5.80. The number of carbonyl (C=O) groups excluding carboxylic acids is 1. The van der Waals surface area contributed by atoms with Gasteiger partial charge in [-0.15, -0.1) is 0 Å². The molecule has 0 aromatic carbocycles. The summed E-state index contributed by atoms with van der Waals surface area (Å²) in [4.78, 5) is 15.8. The maximum atomic E-state index is 13.1. The Bertz CT molecular complexity index is 469. The molecular weight excluding hydrogens is 265 g/mol. The van der Waals surface area contributed by atoms with E-state index in [1.165, 1.54) is 6.42 Å². The minimum atomic E-state index is -0.551. The molecule has 1 aromatic heterocycles. The van der Waals surface area contributed by atoms with Gasteiger partial charge in [-0.05, 0) is 25.2 Å². The third-order valence-corrected chi connectivity index (χ3v) is 4.62. The molecular formula is C13H18FN3OS. The molecule has 0 spiro atoms. The maximum Gasteiger partial charge on any atom is 0.255 e. The molecule has 1 aliphatic rings. The van der Waals surface area contributed by atoms with Gasteiger partial charge in [0.05, 0.1) is 11.8 Å². The molecule has 2 rings (SSSR count). The zero-order valence-electron chi connectivity index (χ0n) is 10.9. The van der Waals surface area contributed by atoms with Crippen molar-refractivity contribution in [3.63, 3.8) is 0 Å². The van der Waals surface area contributed by atoms with Crippen LogP contribution in [0.25, 0.3) is 0 Å². The summed E-state index contributed by atoms with van der Waals surface area (Å²) in [5, 5.41) is 3.37. The summed E-state index contributed by atoms with van der Waals surface area (Å²) in [5.74, 6) is -0.824. The third kappa shape index (κ3) is 3.37. The van der Waals surface area contributed by atoms with Crippen molar-refractivity contribution in [3.8, 4) is 0 Å². The zero-order valence-corrected chi connectivity index (χ0v) is 11.7. The van der Waals surface area contributed by atoms with Crippen LogP contribution in [-0.4, -0.2) is 28.4 Å². The van der Waals surface area contributed by atoms with Gasteiger partial charge in [0.2, 0.25) is 0 Å². The zero-order chi connectivity index (χ0) is 13.8. The van der Waals surface area contributed by atoms with E-state index in [0.717, 1.165) is 31.5 Å². The first-order chi connectivity index (χ1) is 9.11. The quantitative estimate of drug-likeness (QED) is 0.892. The van der Waals surface area contributed by atoms with Crippen molar-refractivity contribution in [1.29, 1.82) is 0 Å². The number of nitrogens with two attached hydrogens (primary N) is 1. The van der Waals surface area contributed by atoms with Crippen LogP contribution in [0.5, 0.6) is 0 Å². The van der Waals surface area contributed by atoms with Crippen LogP contribution < -0.4 is 11.1 Å². The molecule has 0 radical (unpaired) electrons. The molecule has 2 atom stereocenters. The molecule has 2 unspecified atom stereocenters. The number of amides is 1. The van der Waals surface area contributed by atoms with Crippen LogP contribution in [0.2, 0.25) is 0 Å². The minimum Gasteiger partial charge on any atom is -0.383 e. The summed E-state index contributed by atoms with van der Waals surface area (Å²) in [6.07, 6.45) is 7.42. The standard InChI is InChI=1S/C13H18FN3OS/c1-19-11-5-3-2-4-10(11)17-13(18)9-6-8(14)7-16-12(9)15/h6-7,10-11H,2-5H2,1H3,(H2,15,16)(H,17,18). The molecule has 1 saturated carbocycles. The average molecular weight is 283 g/mol. The first-order valence-electron chi connectivity index (χ1n) is 6.36. The first-order valence-corrected chi connectivity index (χ1v) is 7.65. The van der Waals surface area contributed by atoms with E-state index in [9.17, 15) is 9.18 Å². The Morgan fingerprint density at radius 3 is 3.00 bits per heavy atom. The summed E-state index contributed by atoms with van der Waals surface area (Å²) < 4.78 is 13.1. The fourth-order valence-electron chi connectivity index (χ4n) is 2.42. The van der Waals surface area contributed by atoms with Gasteiger partial charge >= 0.3 is 0 Å². The van der Waals surface area contributed by atoms with Crippen molar-refractivity contribution in [2.24, 2.45) is 0 Å². The number of anilines is 1. The lowest BCUT2D eigenvalue weighted by Gasteiger charge is -2.31. The average Bonchev–Trinajstić information content (AvgIpc) is 2.42. The van der Waals surface area contributed by atoms with Gasteiger partial charge < -0.3 is 11.1 Å². The van der Waals surface area contributed by atoms with Crippen LogP contribution in [0, 0.1) is 5.82 Å². The van der Waals surface area contributed by atoms with Crippen LogP contribution >= 0.6 is 11.8 Å². The van der Waals surface area contributed by atoms with Gasteiger partial charge in [0.25, 0.3) is 5.91 Å². The van der Waals surface area contributed by atoms with Crippen molar-refractivity contribution in [2.75, 3.05) is 12.0 Å². The Kier molecular flexibility index (Phi) is 4.63. The molecule has 1 heterocycles. The number of hydrogen-bond donors (Lipinski definition) is 2. The van der Waals surface area contributed by atoms with Gasteiger partial charge in [-0.3, -0.25) is 4.79 Å². The number of nitrogens with zero attached hydrogens (tertiary/aromatic N) is 1. The van der Waals surface area contributed by atoms with Crippen molar-refractivity contribution in [1.82, 2.24) is 10.3 Å². The predicted octanol–water partition coefficient (Wildman–Crippen LogP) is 2.21. The molecule has 3 N–H and O–H groups in total. The van der Waals surface area contributed by atoms with E-state index >= 15 is 0 Å². The van der Waals surface area contributed by atoms with Gasteiger partial charge in [0, 0.05) is 11.3 Å². The number of carbonyl (C=O) groups is 1. The molecule has 104 valence electrons. The van der Waals surface area contributed by atoms with Crippen LogP contribution in [0.1, 0.15) is 36.0 Å². The molecule has 0 aliphatic heterocycles. The summed E-state index contributed by atoms with van der Waals surface area (Å²) in [7, 11) is 0. The third-order valence-electron chi connectivity index (χ3n) is 3.45. The van der Waals surface area contributed by atoms with Crippen LogP contribution in [-0.2, 0) is 0 Å². The van der Waals surface area contributed by atoms with E-state index in [4.69, 9.17) is 5.73 Å². The molecule has 1 aliphatic carbocycles. The highest BCUT2D eigenvalue weighted by molar-refractivity contribution is 7.99. The van der Waals surface area contributed by atoms with E-state index in [0.29, 0.717) is 5.25 Å². The predicted molar refractivity (Wildman–Crippen MR) is 75.6 cm³/mol. The summed E-state index contributed by atoms with van der Waals surface area (Å²) in [5.41, 5.74) is 5.73. The second-order valence-electron chi connectivity index (χ2n) is 4.72. The largest absolute Gasteiger partial charge is 0.383 e. The Hall–Kier alpha value is -1.30. The number of thioether (sulfide) groups is 1. The van der Waals surface area contributed by atoms with E-state index in [2.05, 4.69) is 10.3 Å². The Balaban J connectivity index is 2.09. The molecule has 0 bridgehead atoms. The topological polar surface area (TPSA) is 68.0 Å². The van der Waals surface area contributed by atoms with Gasteiger partial charge in [-0.1, -0.05) is 12.8 Å². The van der Waals surface area contributed by atoms with E-state index < -0.39 is 5.82 Å². The Labute approximate surface area is 116 Å². The van der Waals surface area contributed by atoms with Gasteiger partial charge in [0.15, 0.2) is 0 Å². The molecule has 19 heavy (non-hydrogen) atoms. The first kappa shape index (κ1) is 14.1. The fraction of sp³-hybridized carbons (Fsp3) is 0.538. The number of pyridine rings is 1. The number of hydrogen-bond acceptors (Lipinski definition) is 4. The van der Waals surface area contributed by atoms with Crippen LogP contribution in [0.3, 0.4) is 0 Å². The highest BCUT2D eigenvalue weighted by Gasteiger charge is 2.26. The molecule has 6 heteroatoms. The minimum absolute atomic E-state index is 0.0652. The second kappa shape index (κ2) is 6.23. The maximum absolute atomic E-state index is 13.1. The lowest BCUT2D eigenvalue weighted by atomic mass is 9.94. The summed E-state index contributed by atoms with van der Waals surface area (Å²) >= 11 is 1.76. The summed E-state index contributed by atoms with van der Waals surface area (Å²) in [6.45, 7) is 0. The molecule has 1 aromatic rings. The van der Waals surface area contributed by atoms with E-state index in [1.807, 2.05) is 6.26 Å². The number of nitrogens with one attached hydrogen (secondary N) is 1. The lowest BCUT2D eigenvalue weighted by Crippen LogP contribution is -2.43. The monoisotopic (exact) mass is 283 g/mol. The summed E-state index contributed by atoms with van der Waals surface area (Å²) in [6, 6.07) is 1.26. The van der Waals surface area contributed by atoms with Gasteiger partial charge in [-0.2, -0.15) is 11.8 Å². The van der Waals surface area contributed by atoms with Crippen molar-refractivity contribution < 1.29 is 9.18 Å². The molecule has 0 saturated heterocycles. The molecule has 4 nitrogen and oxygen atoms in total. The van der Waals surface area contributed by atoms with Crippen molar-refractivity contribution in [2.45, 2.75) is 37.0 Å². The van der Waals surface area contributed by atoms with Gasteiger partial charge in [0.1, 0.15) is 11.6 Å². The highest BCUT2D eigenvalue weighted by Crippen LogP contribution is 2.27. The van der Waals surface area contributed by atoms with Crippen LogP contribution in [0.4, 0.5) is 10.2 Å². The molecule has 1 fully saturated rings. The normalized spacial score (nSPS) is 23.1. The smallest absolute Gasteiger partial charge is 0.255 e. The van der Waals surface area contributed by atoms with E-state index in [-0.39, 0.29) is 23.3 Å². The number of aromatic nitrogens is 1.